The van der Waals surface area contributed by atoms with Gasteiger partial charge in [-0.15, -0.1) is 0 Å². The summed E-state index contributed by atoms with van der Waals surface area (Å²) >= 11 is 0. The molecule has 0 aromatic heterocycles. The molecule has 2 aliphatic heterocycles. The van der Waals surface area contributed by atoms with Gasteiger partial charge in [-0.1, -0.05) is 0 Å². The zero-order valence-electron chi connectivity index (χ0n) is 12.0. The van der Waals surface area contributed by atoms with Gasteiger partial charge in [-0.3, -0.25) is 9.69 Å². The molecule has 1 atom stereocenters. The Kier molecular flexibility index (Phi) is 4.28. The van der Waals surface area contributed by atoms with E-state index in [2.05, 4.69) is 36.0 Å². The summed E-state index contributed by atoms with van der Waals surface area (Å²) in [4.78, 5) is 16.6. The van der Waals surface area contributed by atoms with Crippen molar-refractivity contribution in [2.45, 2.75) is 38.6 Å². The van der Waals surface area contributed by atoms with E-state index in [1.807, 2.05) is 0 Å². The Labute approximate surface area is 111 Å². The smallest absolute Gasteiger partial charge is 0.222 e. The van der Waals surface area contributed by atoms with Gasteiger partial charge in [0.25, 0.3) is 0 Å². The molecule has 2 saturated heterocycles. The summed E-state index contributed by atoms with van der Waals surface area (Å²) in [6.45, 7) is 9.40. The quantitative estimate of drug-likeness (QED) is 0.813. The fourth-order valence-corrected chi connectivity index (χ4v) is 2.90. The molecule has 0 bridgehead atoms. The summed E-state index contributed by atoms with van der Waals surface area (Å²) in [5, 5.41) is 3.36. The van der Waals surface area contributed by atoms with E-state index in [0.717, 1.165) is 51.5 Å². The van der Waals surface area contributed by atoms with Crippen LogP contribution in [0.2, 0.25) is 0 Å². The summed E-state index contributed by atoms with van der Waals surface area (Å²) < 4.78 is 0. The summed E-state index contributed by atoms with van der Waals surface area (Å²) in [5.74, 6) is 1.07. The average molecular weight is 253 g/mol. The highest BCUT2D eigenvalue weighted by Crippen LogP contribution is 2.21. The van der Waals surface area contributed by atoms with E-state index in [0.29, 0.717) is 5.91 Å². The number of amides is 1. The van der Waals surface area contributed by atoms with E-state index in [-0.39, 0.29) is 5.54 Å². The summed E-state index contributed by atoms with van der Waals surface area (Å²) in [6.07, 6.45) is 3.02. The van der Waals surface area contributed by atoms with Crippen LogP contribution >= 0.6 is 0 Å². The maximum atomic E-state index is 12.2. The fourth-order valence-electron chi connectivity index (χ4n) is 2.90. The van der Waals surface area contributed by atoms with Crippen molar-refractivity contribution in [3.05, 3.63) is 0 Å². The summed E-state index contributed by atoms with van der Waals surface area (Å²) in [7, 11) is 2.14. The molecule has 2 aliphatic rings. The number of hydrogen-bond donors (Lipinski definition) is 1. The van der Waals surface area contributed by atoms with E-state index in [4.69, 9.17) is 0 Å². The number of hydrogen-bond acceptors (Lipinski definition) is 3. The SMILES string of the molecule is CN1CCN(C(=O)CCC2CCNC2)CC1(C)C. The van der Waals surface area contributed by atoms with Crippen molar-refractivity contribution in [3.63, 3.8) is 0 Å². The Morgan fingerprint density at radius 3 is 2.78 bits per heavy atom. The Morgan fingerprint density at radius 2 is 2.17 bits per heavy atom. The predicted molar refractivity (Wildman–Crippen MR) is 73.5 cm³/mol. The molecule has 104 valence electrons. The first-order valence-electron chi connectivity index (χ1n) is 7.19. The lowest BCUT2D eigenvalue weighted by Crippen LogP contribution is -2.58. The minimum atomic E-state index is 0.114. The van der Waals surface area contributed by atoms with Gasteiger partial charge in [-0.05, 0) is 52.7 Å². The van der Waals surface area contributed by atoms with Crippen LogP contribution in [0.4, 0.5) is 0 Å². The normalized spacial score (nSPS) is 28.6. The molecule has 0 aliphatic carbocycles. The van der Waals surface area contributed by atoms with Gasteiger partial charge in [0.2, 0.25) is 5.91 Å². The predicted octanol–water partition coefficient (Wildman–Crippen LogP) is 0.929. The van der Waals surface area contributed by atoms with Crippen LogP contribution < -0.4 is 5.32 Å². The molecule has 0 aromatic carbocycles. The van der Waals surface area contributed by atoms with Crippen LogP contribution in [0, 0.1) is 5.92 Å². The third-order valence-electron chi connectivity index (χ3n) is 4.60. The molecule has 2 fully saturated rings. The summed E-state index contributed by atoms with van der Waals surface area (Å²) in [5.41, 5.74) is 0.114. The van der Waals surface area contributed by atoms with Crippen LogP contribution in [0.1, 0.15) is 33.1 Å². The number of carbonyl (C=O) groups is 1. The topological polar surface area (TPSA) is 35.6 Å². The van der Waals surface area contributed by atoms with E-state index in [9.17, 15) is 4.79 Å². The van der Waals surface area contributed by atoms with Gasteiger partial charge in [0.05, 0.1) is 0 Å². The second-order valence-electron chi connectivity index (χ2n) is 6.45. The minimum Gasteiger partial charge on any atom is -0.340 e. The number of piperazine rings is 1. The maximum absolute atomic E-state index is 12.2. The first kappa shape index (κ1) is 13.8. The highest BCUT2D eigenvalue weighted by atomic mass is 16.2. The van der Waals surface area contributed by atoms with Crippen LogP contribution in [0.3, 0.4) is 0 Å². The summed E-state index contributed by atoms with van der Waals surface area (Å²) in [6, 6.07) is 0. The van der Waals surface area contributed by atoms with Crippen molar-refractivity contribution in [2.75, 3.05) is 39.8 Å². The first-order valence-corrected chi connectivity index (χ1v) is 7.19. The van der Waals surface area contributed by atoms with Crippen molar-refractivity contribution < 1.29 is 4.79 Å². The Morgan fingerprint density at radius 1 is 1.39 bits per heavy atom. The van der Waals surface area contributed by atoms with Crippen LogP contribution in [-0.2, 0) is 4.79 Å². The van der Waals surface area contributed by atoms with Crippen LogP contribution in [0.25, 0.3) is 0 Å². The van der Waals surface area contributed by atoms with Crippen molar-refractivity contribution in [1.82, 2.24) is 15.1 Å². The number of nitrogens with one attached hydrogen (secondary N) is 1. The van der Waals surface area contributed by atoms with Gasteiger partial charge in [0.1, 0.15) is 0 Å². The zero-order valence-corrected chi connectivity index (χ0v) is 12.0. The molecule has 2 rings (SSSR count). The molecule has 0 radical (unpaired) electrons. The average Bonchev–Trinajstić information content (AvgIpc) is 2.82. The molecule has 2 heterocycles. The number of likely N-dealkylation sites (N-methyl/N-ethyl adjacent to an activating group) is 1. The molecule has 0 spiro atoms. The molecule has 1 amide bonds. The number of nitrogens with zero attached hydrogens (tertiary/aromatic N) is 2. The lowest BCUT2D eigenvalue weighted by atomic mass is 9.98. The van der Waals surface area contributed by atoms with Gasteiger partial charge in [0.15, 0.2) is 0 Å². The Balaban J connectivity index is 1.78. The largest absolute Gasteiger partial charge is 0.340 e. The van der Waals surface area contributed by atoms with E-state index < -0.39 is 0 Å². The molecule has 1 unspecified atom stereocenters. The van der Waals surface area contributed by atoms with Crippen molar-refractivity contribution in [3.8, 4) is 0 Å². The highest BCUT2D eigenvalue weighted by Gasteiger charge is 2.33. The third kappa shape index (κ3) is 3.23. The Hall–Kier alpha value is -0.610. The van der Waals surface area contributed by atoms with E-state index >= 15 is 0 Å². The van der Waals surface area contributed by atoms with Crippen molar-refractivity contribution in [1.29, 1.82) is 0 Å². The first-order chi connectivity index (χ1) is 8.49. The van der Waals surface area contributed by atoms with Gasteiger partial charge >= 0.3 is 0 Å². The second-order valence-corrected chi connectivity index (χ2v) is 6.45. The molecular weight excluding hydrogens is 226 g/mol. The molecule has 0 saturated carbocycles. The molecule has 1 N–H and O–H groups in total. The lowest BCUT2D eigenvalue weighted by Gasteiger charge is -2.45. The number of rotatable bonds is 3. The minimum absolute atomic E-state index is 0.114. The number of carbonyl (C=O) groups excluding carboxylic acids is 1. The van der Waals surface area contributed by atoms with Gasteiger partial charge in [0, 0.05) is 31.6 Å². The Bertz CT molecular complexity index is 297. The fraction of sp³-hybridized carbons (Fsp3) is 0.929. The van der Waals surface area contributed by atoms with Gasteiger partial charge in [-0.25, -0.2) is 0 Å². The maximum Gasteiger partial charge on any atom is 0.222 e. The zero-order chi connectivity index (χ0) is 13.2. The lowest BCUT2D eigenvalue weighted by molar-refractivity contribution is -0.136. The molecule has 4 heteroatoms. The molecular formula is C14H27N3O. The van der Waals surface area contributed by atoms with E-state index in [1.54, 1.807) is 0 Å². The van der Waals surface area contributed by atoms with Crippen molar-refractivity contribution in [2.24, 2.45) is 5.92 Å². The monoisotopic (exact) mass is 253 g/mol. The van der Waals surface area contributed by atoms with Gasteiger partial charge < -0.3 is 10.2 Å². The highest BCUT2D eigenvalue weighted by molar-refractivity contribution is 5.76. The van der Waals surface area contributed by atoms with Crippen LogP contribution in [-0.4, -0.2) is 61.0 Å². The standard InChI is InChI=1S/C14H27N3O/c1-14(2)11-17(9-8-16(14)3)13(18)5-4-12-6-7-15-10-12/h12,15H,4-11H2,1-3H3. The van der Waals surface area contributed by atoms with Crippen LogP contribution in [0.15, 0.2) is 0 Å². The van der Waals surface area contributed by atoms with Gasteiger partial charge in [-0.2, -0.15) is 0 Å². The molecule has 4 nitrogen and oxygen atoms in total. The van der Waals surface area contributed by atoms with Crippen LogP contribution in [0.5, 0.6) is 0 Å². The molecule has 18 heavy (non-hydrogen) atoms. The van der Waals surface area contributed by atoms with Crippen molar-refractivity contribution >= 4 is 5.91 Å². The second kappa shape index (κ2) is 5.57. The third-order valence-corrected chi connectivity index (χ3v) is 4.60. The molecule has 0 aromatic rings. The van der Waals surface area contributed by atoms with E-state index in [1.165, 1.54) is 6.42 Å².